The summed E-state index contributed by atoms with van der Waals surface area (Å²) < 4.78 is 10.8. The van der Waals surface area contributed by atoms with Crippen LogP contribution in [-0.2, 0) is 0 Å². The first kappa shape index (κ1) is 17.5. The van der Waals surface area contributed by atoms with E-state index in [2.05, 4.69) is 17.1 Å². The van der Waals surface area contributed by atoms with Crippen LogP contribution in [0.2, 0.25) is 0 Å². The van der Waals surface area contributed by atoms with E-state index in [0.29, 0.717) is 12.1 Å². The second kappa shape index (κ2) is 8.21. The fourth-order valence-corrected chi connectivity index (χ4v) is 3.26. The summed E-state index contributed by atoms with van der Waals surface area (Å²) in [6, 6.07) is 11.1. The van der Waals surface area contributed by atoms with E-state index in [-0.39, 0.29) is 11.9 Å². The summed E-state index contributed by atoms with van der Waals surface area (Å²) in [7, 11) is 1.61. The van der Waals surface area contributed by atoms with E-state index in [9.17, 15) is 4.79 Å². The van der Waals surface area contributed by atoms with Crippen LogP contribution < -0.4 is 10.1 Å². The molecule has 1 aromatic carbocycles. The number of piperidine rings is 1. The van der Waals surface area contributed by atoms with Gasteiger partial charge in [0, 0.05) is 12.1 Å². The van der Waals surface area contributed by atoms with Crippen LogP contribution in [0.15, 0.2) is 47.1 Å². The summed E-state index contributed by atoms with van der Waals surface area (Å²) in [5, 5.41) is 3.05. The van der Waals surface area contributed by atoms with Crippen molar-refractivity contribution >= 4 is 5.91 Å². The highest BCUT2D eigenvalue weighted by Crippen LogP contribution is 2.26. The molecular weight excluding hydrogens is 316 g/mol. The van der Waals surface area contributed by atoms with Gasteiger partial charge in [0.1, 0.15) is 11.5 Å². The summed E-state index contributed by atoms with van der Waals surface area (Å²) in [5.74, 6) is 2.34. The summed E-state index contributed by atoms with van der Waals surface area (Å²) in [6.07, 6.45) is 4.06. The third kappa shape index (κ3) is 4.42. The average molecular weight is 342 g/mol. The van der Waals surface area contributed by atoms with E-state index < -0.39 is 0 Å². The predicted molar refractivity (Wildman–Crippen MR) is 96.7 cm³/mol. The van der Waals surface area contributed by atoms with Crippen LogP contribution in [0.25, 0.3) is 0 Å². The molecule has 25 heavy (non-hydrogen) atoms. The van der Waals surface area contributed by atoms with Crippen LogP contribution in [0.5, 0.6) is 5.75 Å². The van der Waals surface area contributed by atoms with Crippen LogP contribution in [0, 0.1) is 5.92 Å². The fourth-order valence-electron chi connectivity index (χ4n) is 3.26. The number of methoxy groups -OCH3 is 1. The van der Waals surface area contributed by atoms with Crippen LogP contribution >= 0.6 is 0 Å². The molecule has 1 aliphatic heterocycles. The van der Waals surface area contributed by atoms with E-state index in [1.807, 2.05) is 12.1 Å². The van der Waals surface area contributed by atoms with Gasteiger partial charge in [-0.2, -0.15) is 0 Å². The fraction of sp³-hybridized carbons (Fsp3) is 0.450. The van der Waals surface area contributed by atoms with Gasteiger partial charge in [-0.3, -0.25) is 9.69 Å². The number of rotatable bonds is 6. The topological polar surface area (TPSA) is 54.7 Å². The first-order valence-electron chi connectivity index (χ1n) is 8.87. The Kier molecular flexibility index (Phi) is 5.76. The minimum Gasteiger partial charge on any atom is -0.497 e. The lowest BCUT2D eigenvalue weighted by atomic mass is 9.97. The molecule has 1 N–H and O–H groups in total. The molecule has 5 heteroatoms. The lowest BCUT2D eigenvalue weighted by molar-refractivity contribution is 0.0895. The van der Waals surface area contributed by atoms with Crippen molar-refractivity contribution in [3.05, 3.63) is 54.0 Å². The molecule has 1 saturated heterocycles. The van der Waals surface area contributed by atoms with Crippen molar-refractivity contribution in [3.8, 4) is 5.75 Å². The van der Waals surface area contributed by atoms with Crippen LogP contribution in [0.3, 0.4) is 0 Å². The highest BCUT2D eigenvalue weighted by atomic mass is 16.5. The molecule has 1 atom stereocenters. The zero-order chi connectivity index (χ0) is 17.6. The van der Waals surface area contributed by atoms with Gasteiger partial charge in [0.25, 0.3) is 5.91 Å². The molecule has 1 amide bonds. The molecule has 0 spiro atoms. The molecule has 0 saturated carbocycles. The molecule has 1 unspecified atom stereocenters. The van der Waals surface area contributed by atoms with Gasteiger partial charge in [-0.15, -0.1) is 0 Å². The van der Waals surface area contributed by atoms with E-state index >= 15 is 0 Å². The summed E-state index contributed by atoms with van der Waals surface area (Å²) in [4.78, 5) is 14.9. The number of nitrogens with zero attached hydrogens (tertiary/aromatic N) is 1. The molecule has 2 aromatic rings. The maximum absolute atomic E-state index is 12.5. The van der Waals surface area contributed by atoms with Gasteiger partial charge in [-0.25, -0.2) is 0 Å². The maximum Gasteiger partial charge on any atom is 0.251 e. The standard InChI is InChI=1S/C20H26N2O3/c1-15-9-11-22(12-10-15)18(19-4-3-13-25-19)14-21-20(23)16-5-7-17(24-2)8-6-16/h3-8,13,15,18H,9-12,14H2,1-2H3,(H,21,23). The molecule has 1 aromatic heterocycles. The van der Waals surface area contributed by atoms with Gasteiger partial charge >= 0.3 is 0 Å². The Hall–Kier alpha value is -2.27. The van der Waals surface area contributed by atoms with Crippen molar-refractivity contribution in [1.82, 2.24) is 10.2 Å². The first-order chi connectivity index (χ1) is 12.2. The number of nitrogens with one attached hydrogen (secondary N) is 1. The Morgan fingerprint density at radius 2 is 2.00 bits per heavy atom. The normalized spacial score (nSPS) is 17.2. The zero-order valence-electron chi connectivity index (χ0n) is 14.9. The molecule has 0 aliphatic carbocycles. The molecule has 0 radical (unpaired) electrons. The van der Waals surface area contributed by atoms with E-state index in [1.165, 1.54) is 12.8 Å². The highest BCUT2D eigenvalue weighted by Gasteiger charge is 2.26. The number of hydrogen-bond acceptors (Lipinski definition) is 4. The Balaban J connectivity index is 1.64. The Morgan fingerprint density at radius 3 is 2.60 bits per heavy atom. The SMILES string of the molecule is COc1ccc(C(=O)NCC(c2ccco2)N2CCC(C)CC2)cc1. The summed E-state index contributed by atoms with van der Waals surface area (Å²) >= 11 is 0. The van der Waals surface area contributed by atoms with Crippen molar-refractivity contribution < 1.29 is 13.9 Å². The Bertz CT molecular complexity index is 659. The van der Waals surface area contributed by atoms with Gasteiger partial charge in [-0.05, 0) is 68.2 Å². The van der Waals surface area contributed by atoms with Crippen LogP contribution in [-0.4, -0.2) is 37.6 Å². The zero-order valence-corrected chi connectivity index (χ0v) is 14.9. The first-order valence-corrected chi connectivity index (χ1v) is 8.87. The molecule has 2 heterocycles. The van der Waals surface area contributed by atoms with Gasteiger partial charge in [0.05, 0.1) is 19.4 Å². The minimum atomic E-state index is -0.0791. The average Bonchev–Trinajstić information content (AvgIpc) is 3.17. The highest BCUT2D eigenvalue weighted by molar-refractivity contribution is 5.94. The van der Waals surface area contributed by atoms with Crippen LogP contribution in [0.1, 0.15) is 41.9 Å². The van der Waals surface area contributed by atoms with Gasteiger partial charge in [0.2, 0.25) is 0 Å². The van der Waals surface area contributed by atoms with Crippen molar-refractivity contribution in [2.45, 2.75) is 25.8 Å². The number of hydrogen-bond donors (Lipinski definition) is 1. The van der Waals surface area contributed by atoms with Crippen molar-refractivity contribution in [2.75, 3.05) is 26.7 Å². The van der Waals surface area contributed by atoms with Gasteiger partial charge in [-0.1, -0.05) is 6.92 Å². The molecule has 134 valence electrons. The number of furan rings is 1. The minimum absolute atomic E-state index is 0.0738. The van der Waals surface area contributed by atoms with Crippen LogP contribution in [0.4, 0.5) is 0 Å². The van der Waals surface area contributed by atoms with E-state index in [0.717, 1.165) is 30.5 Å². The Labute approximate surface area is 149 Å². The second-order valence-corrected chi connectivity index (χ2v) is 6.69. The number of carbonyl (C=O) groups excluding carboxylic acids is 1. The van der Waals surface area contributed by atoms with E-state index in [4.69, 9.17) is 9.15 Å². The summed E-state index contributed by atoms with van der Waals surface area (Å²) in [6.45, 7) is 4.90. The number of benzene rings is 1. The van der Waals surface area contributed by atoms with Crippen molar-refractivity contribution in [2.24, 2.45) is 5.92 Å². The number of ether oxygens (including phenoxy) is 1. The molecule has 5 nitrogen and oxygen atoms in total. The predicted octanol–water partition coefficient (Wildman–Crippen LogP) is 3.49. The molecule has 1 fully saturated rings. The third-order valence-corrected chi connectivity index (χ3v) is 4.94. The van der Waals surface area contributed by atoms with Crippen molar-refractivity contribution in [3.63, 3.8) is 0 Å². The summed E-state index contributed by atoms with van der Waals surface area (Å²) in [5.41, 5.74) is 0.631. The largest absolute Gasteiger partial charge is 0.497 e. The van der Waals surface area contributed by atoms with E-state index in [1.54, 1.807) is 37.6 Å². The van der Waals surface area contributed by atoms with Gasteiger partial charge < -0.3 is 14.5 Å². The quantitative estimate of drug-likeness (QED) is 0.873. The molecule has 0 bridgehead atoms. The lowest BCUT2D eigenvalue weighted by Crippen LogP contribution is -2.41. The maximum atomic E-state index is 12.5. The lowest BCUT2D eigenvalue weighted by Gasteiger charge is -2.35. The second-order valence-electron chi connectivity index (χ2n) is 6.69. The number of carbonyl (C=O) groups is 1. The monoisotopic (exact) mass is 342 g/mol. The number of amides is 1. The smallest absolute Gasteiger partial charge is 0.251 e. The number of likely N-dealkylation sites (tertiary alicyclic amines) is 1. The Morgan fingerprint density at radius 1 is 1.28 bits per heavy atom. The molecular formula is C20H26N2O3. The van der Waals surface area contributed by atoms with Crippen molar-refractivity contribution in [1.29, 1.82) is 0 Å². The molecule has 3 rings (SSSR count). The van der Waals surface area contributed by atoms with Gasteiger partial charge in [0.15, 0.2) is 0 Å². The third-order valence-electron chi connectivity index (χ3n) is 4.94. The molecule has 1 aliphatic rings.